The number of carbonyl (C=O) groups is 2. The SMILES string of the molecule is CCOc1cc(C2C(C(=O)OC)=CN(CCOC)C=C2C(=O)OC)cc([N+](=O)[O-])c1O. The molecule has 0 spiro atoms. The van der Waals surface area contributed by atoms with Gasteiger partial charge < -0.3 is 29.0 Å². The van der Waals surface area contributed by atoms with E-state index in [-0.39, 0.29) is 29.1 Å². The third-order valence-electron chi connectivity index (χ3n) is 4.53. The summed E-state index contributed by atoms with van der Waals surface area (Å²) in [5.74, 6) is -3.34. The lowest BCUT2D eigenvalue weighted by Gasteiger charge is -2.30. The number of rotatable bonds is 9. The zero-order valence-electron chi connectivity index (χ0n) is 17.6. The number of nitro groups is 1. The number of methoxy groups -OCH3 is 3. The number of benzene rings is 1. The highest BCUT2D eigenvalue weighted by Gasteiger charge is 2.37. The Labute approximate surface area is 178 Å². The second-order valence-electron chi connectivity index (χ2n) is 6.39. The van der Waals surface area contributed by atoms with Crippen molar-refractivity contribution in [2.45, 2.75) is 12.8 Å². The molecule has 1 heterocycles. The van der Waals surface area contributed by atoms with Crippen molar-refractivity contribution in [2.75, 3.05) is 41.1 Å². The van der Waals surface area contributed by atoms with E-state index in [1.807, 2.05) is 0 Å². The average molecular weight is 436 g/mol. The zero-order chi connectivity index (χ0) is 23.1. The third-order valence-corrected chi connectivity index (χ3v) is 4.53. The number of hydrogen-bond donors (Lipinski definition) is 1. The number of phenols is 1. The van der Waals surface area contributed by atoms with Crippen LogP contribution in [-0.4, -0.2) is 68.0 Å². The molecule has 1 aliphatic rings. The molecule has 0 unspecified atom stereocenters. The molecule has 11 heteroatoms. The molecule has 0 saturated carbocycles. The minimum atomic E-state index is -1.06. The molecule has 0 fully saturated rings. The van der Waals surface area contributed by atoms with E-state index in [0.717, 1.165) is 6.07 Å². The molecule has 0 saturated heterocycles. The Balaban J connectivity index is 2.74. The molecule has 11 nitrogen and oxygen atoms in total. The molecule has 31 heavy (non-hydrogen) atoms. The van der Waals surface area contributed by atoms with Gasteiger partial charge in [-0.3, -0.25) is 10.1 Å². The van der Waals surface area contributed by atoms with Gasteiger partial charge in [0.15, 0.2) is 5.75 Å². The van der Waals surface area contributed by atoms with Crippen molar-refractivity contribution >= 4 is 17.6 Å². The summed E-state index contributed by atoms with van der Waals surface area (Å²) in [6.07, 6.45) is 2.95. The normalized spacial score (nSPS) is 13.9. The van der Waals surface area contributed by atoms with Gasteiger partial charge >= 0.3 is 17.6 Å². The molecule has 0 aromatic heterocycles. The summed E-state index contributed by atoms with van der Waals surface area (Å²) in [5.41, 5.74) is -0.364. The number of phenolic OH excluding ortho intramolecular Hbond substituents is 1. The second-order valence-corrected chi connectivity index (χ2v) is 6.39. The summed E-state index contributed by atoms with van der Waals surface area (Å²) in [5, 5.41) is 21.7. The topological polar surface area (TPSA) is 138 Å². The van der Waals surface area contributed by atoms with Gasteiger partial charge in [0, 0.05) is 32.1 Å². The fourth-order valence-electron chi connectivity index (χ4n) is 3.16. The van der Waals surface area contributed by atoms with E-state index in [1.165, 1.54) is 39.8 Å². The molecule has 0 aliphatic carbocycles. The smallest absolute Gasteiger partial charge is 0.336 e. The largest absolute Gasteiger partial charge is 0.500 e. The summed E-state index contributed by atoms with van der Waals surface area (Å²) in [6.45, 7) is 2.40. The molecule has 1 aromatic rings. The zero-order valence-corrected chi connectivity index (χ0v) is 17.6. The van der Waals surface area contributed by atoms with E-state index in [2.05, 4.69) is 0 Å². The molecule has 168 valence electrons. The molecular formula is C20H24N2O9. The molecule has 1 N–H and O–H groups in total. The van der Waals surface area contributed by atoms with Crippen LogP contribution in [0.5, 0.6) is 11.5 Å². The first-order chi connectivity index (χ1) is 14.8. The molecule has 1 aromatic carbocycles. The van der Waals surface area contributed by atoms with E-state index in [9.17, 15) is 24.8 Å². The van der Waals surface area contributed by atoms with Gasteiger partial charge in [-0.25, -0.2) is 9.59 Å². The van der Waals surface area contributed by atoms with Gasteiger partial charge in [-0.2, -0.15) is 0 Å². The van der Waals surface area contributed by atoms with Gasteiger partial charge in [-0.1, -0.05) is 0 Å². The molecule has 0 bridgehead atoms. The first kappa shape index (κ1) is 23.7. The van der Waals surface area contributed by atoms with Gasteiger partial charge in [0.1, 0.15) is 0 Å². The number of nitrogens with zero attached hydrogens (tertiary/aromatic N) is 2. The highest BCUT2D eigenvalue weighted by molar-refractivity contribution is 5.98. The minimum absolute atomic E-state index is 0.0453. The number of ether oxygens (including phenoxy) is 4. The molecule has 0 atom stereocenters. The third kappa shape index (κ3) is 5.12. The predicted molar refractivity (Wildman–Crippen MR) is 107 cm³/mol. The fraction of sp³-hybridized carbons (Fsp3) is 0.400. The second kappa shape index (κ2) is 10.4. The van der Waals surface area contributed by atoms with E-state index in [1.54, 1.807) is 11.8 Å². The van der Waals surface area contributed by atoms with E-state index in [0.29, 0.717) is 13.2 Å². The minimum Gasteiger partial charge on any atom is -0.500 e. The number of esters is 2. The average Bonchev–Trinajstić information content (AvgIpc) is 2.77. The maximum Gasteiger partial charge on any atom is 0.336 e. The Morgan fingerprint density at radius 3 is 2.16 bits per heavy atom. The van der Waals surface area contributed by atoms with Crippen LogP contribution in [0.2, 0.25) is 0 Å². The Hall–Kier alpha value is -3.60. The van der Waals surface area contributed by atoms with Crippen molar-refractivity contribution in [3.05, 3.63) is 51.4 Å². The van der Waals surface area contributed by atoms with Gasteiger partial charge in [0.2, 0.25) is 5.75 Å². The van der Waals surface area contributed by atoms with Crippen LogP contribution in [-0.2, 0) is 23.8 Å². The summed E-state index contributed by atoms with van der Waals surface area (Å²) in [7, 11) is 3.87. The monoisotopic (exact) mass is 436 g/mol. The quantitative estimate of drug-likeness (QED) is 0.347. The molecule has 1 aliphatic heterocycles. The lowest BCUT2D eigenvalue weighted by Crippen LogP contribution is -2.30. The predicted octanol–water partition coefficient (Wildman–Crippen LogP) is 1.86. The van der Waals surface area contributed by atoms with Crippen LogP contribution in [0, 0.1) is 10.1 Å². The molecule has 0 amide bonds. The molecule has 2 rings (SSSR count). The van der Waals surface area contributed by atoms with Gasteiger partial charge in [-0.05, 0) is 18.6 Å². The maximum absolute atomic E-state index is 12.6. The Morgan fingerprint density at radius 2 is 1.71 bits per heavy atom. The number of hydrogen-bond acceptors (Lipinski definition) is 10. The highest BCUT2D eigenvalue weighted by Crippen LogP contribution is 2.44. The molecular weight excluding hydrogens is 412 g/mol. The Bertz CT molecular complexity index is 889. The van der Waals surface area contributed by atoms with Crippen molar-refractivity contribution in [3.63, 3.8) is 0 Å². The number of aromatic hydroxyl groups is 1. The lowest BCUT2D eigenvalue weighted by atomic mass is 9.83. The van der Waals surface area contributed by atoms with E-state index < -0.39 is 34.2 Å². The van der Waals surface area contributed by atoms with Crippen molar-refractivity contribution in [1.82, 2.24) is 4.90 Å². The fourth-order valence-corrected chi connectivity index (χ4v) is 3.16. The lowest BCUT2D eigenvalue weighted by molar-refractivity contribution is -0.386. The van der Waals surface area contributed by atoms with Crippen molar-refractivity contribution in [2.24, 2.45) is 0 Å². The summed E-state index contributed by atoms with van der Waals surface area (Å²) >= 11 is 0. The van der Waals surface area contributed by atoms with Crippen molar-refractivity contribution in [3.8, 4) is 11.5 Å². The standard InChI is InChI=1S/C20H24N2O9/c1-5-31-16-9-12(8-15(18(16)23)22(26)27)17-13(19(24)29-3)10-21(6-7-28-2)11-14(17)20(25)30-4/h8-11,17,23H,5-7H2,1-4H3. The highest BCUT2D eigenvalue weighted by atomic mass is 16.6. The summed E-state index contributed by atoms with van der Waals surface area (Å²) in [4.78, 5) is 37.4. The van der Waals surface area contributed by atoms with Crippen LogP contribution in [0.25, 0.3) is 0 Å². The Kier molecular flexibility index (Phi) is 7.97. The van der Waals surface area contributed by atoms with Crippen molar-refractivity contribution in [1.29, 1.82) is 0 Å². The van der Waals surface area contributed by atoms with E-state index in [4.69, 9.17) is 18.9 Å². The van der Waals surface area contributed by atoms with Crippen LogP contribution < -0.4 is 4.74 Å². The van der Waals surface area contributed by atoms with Crippen molar-refractivity contribution < 1.29 is 38.6 Å². The first-order valence-corrected chi connectivity index (χ1v) is 9.27. The van der Waals surface area contributed by atoms with Crippen LogP contribution in [0.1, 0.15) is 18.4 Å². The van der Waals surface area contributed by atoms with Gasteiger partial charge in [-0.15, -0.1) is 0 Å². The summed E-state index contributed by atoms with van der Waals surface area (Å²) in [6, 6.07) is 2.43. The first-order valence-electron chi connectivity index (χ1n) is 9.27. The van der Waals surface area contributed by atoms with Crippen LogP contribution in [0.15, 0.2) is 35.7 Å². The van der Waals surface area contributed by atoms with Gasteiger partial charge in [0.05, 0.1) is 49.4 Å². The Morgan fingerprint density at radius 1 is 1.13 bits per heavy atom. The van der Waals surface area contributed by atoms with Crippen LogP contribution in [0.4, 0.5) is 5.69 Å². The van der Waals surface area contributed by atoms with Gasteiger partial charge in [0.25, 0.3) is 0 Å². The number of nitro benzene ring substituents is 1. The summed E-state index contributed by atoms with van der Waals surface area (Å²) < 4.78 is 20.1. The maximum atomic E-state index is 12.6. The molecule has 0 radical (unpaired) electrons. The van der Waals surface area contributed by atoms with Crippen LogP contribution >= 0.6 is 0 Å². The number of carbonyl (C=O) groups excluding carboxylic acids is 2. The van der Waals surface area contributed by atoms with Crippen LogP contribution in [0.3, 0.4) is 0 Å². The van der Waals surface area contributed by atoms with E-state index >= 15 is 0 Å².